The highest BCUT2D eigenvalue weighted by molar-refractivity contribution is 7.92. The van der Waals surface area contributed by atoms with Gasteiger partial charge in [0, 0.05) is 17.6 Å². The van der Waals surface area contributed by atoms with E-state index < -0.39 is 18.9 Å². The number of Topliss-reactive ketones (excluding diaryl/α,β-unsaturated/α-hetero) is 1. The van der Waals surface area contributed by atoms with Crippen molar-refractivity contribution in [1.29, 1.82) is 0 Å². The van der Waals surface area contributed by atoms with Crippen LogP contribution in [0.4, 0.5) is 0 Å². The summed E-state index contributed by atoms with van der Waals surface area (Å²) in [6.07, 6.45) is 2.11. The van der Waals surface area contributed by atoms with Crippen LogP contribution in [0.15, 0.2) is 4.21 Å². The highest BCUT2D eigenvalue weighted by Crippen LogP contribution is 2.49. The quantitative estimate of drug-likeness (QED) is 0.701. The van der Waals surface area contributed by atoms with Gasteiger partial charge in [-0.25, -0.2) is 8.42 Å². The molecule has 0 aliphatic heterocycles. The lowest BCUT2D eigenvalue weighted by Gasteiger charge is -2.35. The lowest BCUT2D eigenvalue weighted by Crippen LogP contribution is -2.30. The molecule has 0 bridgehead atoms. The lowest BCUT2D eigenvalue weighted by molar-refractivity contribution is 0.0854. The van der Waals surface area contributed by atoms with Crippen LogP contribution in [0.1, 0.15) is 67.9 Å². The zero-order chi connectivity index (χ0) is 19.4. The number of hydrogen-bond donors (Lipinski definition) is 0. The molecule has 2 rings (SSSR count). The van der Waals surface area contributed by atoms with Crippen molar-refractivity contribution >= 4 is 36.0 Å². The Labute approximate surface area is 157 Å². The maximum atomic E-state index is 12.8. The van der Waals surface area contributed by atoms with Gasteiger partial charge in [0.25, 0.3) is 0 Å². The molecule has 25 heavy (non-hydrogen) atoms. The normalized spacial score (nSPS) is 19.2. The van der Waals surface area contributed by atoms with Crippen LogP contribution in [-0.2, 0) is 20.7 Å². The number of sulfone groups is 1. The van der Waals surface area contributed by atoms with Crippen molar-refractivity contribution in [2.24, 2.45) is 10.8 Å². The Bertz CT molecular complexity index is 783. The molecule has 142 valence electrons. The standard InChI is InChI=1S/C18H30O4S2Si/c1-17(2,3)15(22-25(7)8)14-11-9-18(4,5)10-12(19)13(11)16(23-14)24(6,20)21/h15,25H,9-10H2,1-8H3. The van der Waals surface area contributed by atoms with Gasteiger partial charge in [0.05, 0.1) is 11.7 Å². The van der Waals surface area contributed by atoms with Crippen LogP contribution in [0.3, 0.4) is 0 Å². The van der Waals surface area contributed by atoms with Crippen molar-refractivity contribution in [3.63, 3.8) is 0 Å². The molecule has 1 aliphatic carbocycles. The fourth-order valence-electron chi connectivity index (χ4n) is 3.38. The third-order valence-corrected chi connectivity index (χ3v) is 8.27. The number of ketones is 1. The molecule has 0 aromatic carbocycles. The molecule has 0 fully saturated rings. The van der Waals surface area contributed by atoms with E-state index in [1.54, 1.807) is 0 Å². The fraction of sp³-hybridized carbons (Fsp3) is 0.722. The monoisotopic (exact) mass is 402 g/mol. The number of thiophene rings is 1. The molecular weight excluding hydrogens is 372 g/mol. The SMILES string of the molecule is C[SiH](C)OC(c1sc(S(C)(=O)=O)c2c1CC(C)(C)CC2=O)C(C)(C)C. The second-order valence-corrected chi connectivity index (χ2v) is 14.9. The predicted molar refractivity (Wildman–Crippen MR) is 106 cm³/mol. The largest absolute Gasteiger partial charge is 0.412 e. The molecule has 0 spiro atoms. The maximum absolute atomic E-state index is 12.8. The third-order valence-electron chi connectivity index (χ3n) is 4.35. The maximum Gasteiger partial charge on any atom is 0.185 e. The van der Waals surface area contributed by atoms with E-state index in [1.807, 2.05) is 0 Å². The average molecular weight is 403 g/mol. The molecule has 1 unspecified atom stereocenters. The molecule has 0 saturated carbocycles. The first-order chi connectivity index (χ1) is 11.1. The summed E-state index contributed by atoms with van der Waals surface area (Å²) in [5.41, 5.74) is 1.01. The summed E-state index contributed by atoms with van der Waals surface area (Å²) in [6.45, 7) is 14.7. The van der Waals surface area contributed by atoms with E-state index in [2.05, 4.69) is 47.7 Å². The Morgan fingerprint density at radius 1 is 1.20 bits per heavy atom. The Balaban J connectivity index is 2.76. The number of hydrogen-bond acceptors (Lipinski definition) is 5. The van der Waals surface area contributed by atoms with E-state index in [0.29, 0.717) is 18.4 Å². The van der Waals surface area contributed by atoms with Crippen LogP contribution in [0.5, 0.6) is 0 Å². The summed E-state index contributed by atoms with van der Waals surface area (Å²) in [6, 6.07) is 0. The van der Waals surface area contributed by atoms with Gasteiger partial charge in [0.15, 0.2) is 24.7 Å². The van der Waals surface area contributed by atoms with Crippen molar-refractivity contribution in [1.82, 2.24) is 0 Å². The van der Waals surface area contributed by atoms with Crippen molar-refractivity contribution < 1.29 is 17.6 Å². The zero-order valence-electron chi connectivity index (χ0n) is 16.5. The summed E-state index contributed by atoms with van der Waals surface area (Å²) in [4.78, 5) is 13.7. The van der Waals surface area contributed by atoms with Crippen LogP contribution >= 0.6 is 11.3 Å². The molecule has 1 heterocycles. The topological polar surface area (TPSA) is 60.4 Å². The van der Waals surface area contributed by atoms with Gasteiger partial charge in [0.2, 0.25) is 0 Å². The summed E-state index contributed by atoms with van der Waals surface area (Å²) in [7, 11) is -4.79. The lowest BCUT2D eigenvalue weighted by atomic mass is 9.73. The van der Waals surface area contributed by atoms with Gasteiger partial charge in [-0.05, 0) is 35.9 Å². The fourth-order valence-corrected chi connectivity index (χ4v) is 7.41. The van der Waals surface area contributed by atoms with Gasteiger partial charge in [0.1, 0.15) is 4.21 Å². The smallest absolute Gasteiger partial charge is 0.185 e. The molecular formula is C18H30O4S2Si. The van der Waals surface area contributed by atoms with Crippen molar-refractivity contribution in [2.45, 2.75) is 70.9 Å². The van der Waals surface area contributed by atoms with Crippen LogP contribution in [-0.4, -0.2) is 29.5 Å². The van der Waals surface area contributed by atoms with Crippen LogP contribution in [0.2, 0.25) is 13.1 Å². The van der Waals surface area contributed by atoms with Crippen molar-refractivity contribution in [2.75, 3.05) is 6.26 Å². The molecule has 0 radical (unpaired) electrons. The first-order valence-corrected chi connectivity index (χ1v) is 14.2. The first kappa shape index (κ1) is 20.8. The Hall–Kier alpha value is -0.503. The van der Waals surface area contributed by atoms with Gasteiger partial charge >= 0.3 is 0 Å². The summed E-state index contributed by atoms with van der Waals surface area (Å²) in [5.74, 6) is -0.0522. The van der Waals surface area contributed by atoms with Gasteiger partial charge in [-0.3, -0.25) is 4.79 Å². The van der Waals surface area contributed by atoms with Gasteiger partial charge in [-0.15, -0.1) is 11.3 Å². The van der Waals surface area contributed by atoms with Gasteiger partial charge in [-0.1, -0.05) is 34.6 Å². The molecule has 1 aliphatic rings. The Kier molecular flexibility index (Phi) is 5.48. The molecule has 0 amide bonds. The Morgan fingerprint density at radius 2 is 1.76 bits per heavy atom. The molecule has 1 aromatic rings. The minimum absolute atomic E-state index is 0.0522. The number of fused-ring (bicyclic) bond motifs is 1. The van der Waals surface area contributed by atoms with Gasteiger partial charge < -0.3 is 4.43 Å². The molecule has 1 aromatic heterocycles. The number of rotatable bonds is 4. The van der Waals surface area contributed by atoms with E-state index in [0.717, 1.165) is 10.4 Å². The predicted octanol–water partition coefficient (Wildman–Crippen LogP) is 4.39. The van der Waals surface area contributed by atoms with E-state index in [1.165, 1.54) is 17.6 Å². The summed E-state index contributed by atoms with van der Waals surface area (Å²) < 4.78 is 31.3. The number of carbonyl (C=O) groups is 1. The average Bonchev–Trinajstić information content (AvgIpc) is 2.71. The minimum atomic E-state index is -3.45. The molecule has 0 saturated heterocycles. The molecule has 7 heteroatoms. The van der Waals surface area contributed by atoms with Crippen LogP contribution in [0.25, 0.3) is 0 Å². The summed E-state index contributed by atoms with van der Waals surface area (Å²) in [5, 5.41) is 0. The molecule has 1 atom stereocenters. The van der Waals surface area contributed by atoms with Crippen LogP contribution < -0.4 is 0 Å². The van der Waals surface area contributed by atoms with Crippen molar-refractivity contribution in [3.8, 4) is 0 Å². The number of carbonyl (C=O) groups excluding carboxylic acids is 1. The first-order valence-electron chi connectivity index (χ1n) is 8.68. The Morgan fingerprint density at radius 3 is 2.20 bits per heavy atom. The zero-order valence-corrected chi connectivity index (χ0v) is 19.3. The van der Waals surface area contributed by atoms with E-state index >= 15 is 0 Å². The highest BCUT2D eigenvalue weighted by Gasteiger charge is 2.42. The van der Waals surface area contributed by atoms with Gasteiger partial charge in [-0.2, -0.15) is 0 Å². The van der Waals surface area contributed by atoms with E-state index in [9.17, 15) is 13.2 Å². The molecule has 0 N–H and O–H groups in total. The highest BCUT2D eigenvalue weighted by atomic mass is 32.2. The van der Waals surface area contributed by atoms with E-state index in [4.69, 9.17) is 4.43 Å². The van der Waals surface area contributed by atoms with Crippen LogP contribution in [0, 0.1) is 10.8 Å². The minimum Gasteiger partial charge on any atom is -0.412 e. The third kappa shape index (κ3) is 4.43. The molecule has 4 nitrogen and oxygen atoms in total. The van der Waals surface area contributed by atoms with Crippen molar-refractivity contribution in [3.05, 3.63) is 16.0 Å². The summed E-state index contributed by atoms with van der Waals surface area (Å²) >= 11 is 1.25. The van der Waals surface area contributed by atoms with E-state index in [-0.39, 0.29) is 26.9 Å². The second kappa shape index (κ2) is 6.58. The second-order valence-electron chi connectivity index (χ2n) is 9.25.